The first-order valence-electron chi connectivity index (χ1n) is 5.59. The van der Waals surface area contributed by atoms with Crippen molar-refractivity contribution in [3.8, 4) is 11.3 Å². The van der Waals surface area contributed by atoms with Gasteiger partial charge in [-0.15, -0.1) is 11.6 Å². The molecule has 1 aromatic heterocycles. The van der Waals surface area contributed by atoms with Crippen molar-refractivity contribution in [3.63, 3.8) is 0 Å². The molecule has 0 aliphatic rings. The lowest BCUT2D eigenvalue weighted by Crippen LogP contribution is -2.29. The Balaban J connectivity index is 2.01. The smallest absolute Gasteiger partial charge is 0.238 e. The molecule has 18 heavy (non-hydrogen) atoms. The Labute approximate surface area is 110 Å². The summed E-state index contributed by atoms with van der Waals surface area (Å²) in [6, 6.07) is 11.5. The third kappa shape index (κ3) is 3.11. The minimum atomic E-state index is -0.550. The van der Waals surface area contributed by atoms with E-state index in [0.29, 0.717) is 18.0 Å². The molecular formula is C13H13ClN2O2. The predicted molar refractivity (Wildman–Crippen MR) is 69.1 cm³/mol. The van der Waals surface area contributed by atoms with Crippen molar-refractivity contribution in [2.24, 2.45) is 0 Å². The molecule has 2 aromatic rings. The second-order valence-corrected chi connectivity index (χ2v) is 4.54. The van der Waals surface area contributed by atoms with Gasteiger partial charge in [0.05, 0.1) is 6.54 Å². The number of aromatic nitrogens is 1. The van der Waals surface area contributed by atoms with Crippen molar-refractivity contribution in [2.45, 2.75) is 18.8 Å². The Morgan fingerprint density at radius 1 is 1.44 bits per heavy atom. The fourth-order valence-corrected chi connectivity index (χ4v) is 1.53. The lowest BCUT2D eigenvalue weighted by molar-refractivity contribution is -0.120. The number of hydrogen-bond donors (Lipinski definition) is 1. The molecule has 1 unspecified atom stereocenters. The zero-order valence-electron chi connectivity index (χ0n) is 9.89. The molecule has 1 atom stereocenters. The van der Waals surface area contributed by atoms with E-state index in [1.807, 2.05) is 30.3 Å². The minimum absolute atomic E-state index is 0.221. The third-order valence-corrected chi connectivity index (χ3v) is 2.62. The maximum absolute atomic E-state index is 11.3. The fraction of sp³-hybridized carbons (Fsp3) is 0.231. The summed E-state index contributed by atoms with van der Waals surface area (Å²) in [7, 11) is 0. The molecule has 1 aromatic carbocycles. The molecule has 1 N–H and O–H groups in total. The number of halogens is 1. The number of nitrogens with zero attached hydrogens (tertiary/aromatic N) is 1. The van der Waals surface area contributed by atoms with Gasteiger partial charge in [-0.3, -0.25) is 4.79 Å². The summed E-state index contributed by atoms with van der Waals surface area (Å²) in [5.74, 6) is 0.458. The Morgan fingerprint density at radius 2 is 2.17 bits per heavy atom. The van der Waals surface area contributed by atoms with E-state index in [1.54, 1.807) is 13.0 Å². The first-order valence-corrected chi connectivity index (χ1v) is 6.03. The van der Waals surface area contributed by atoms with Crippen molar-refractivity contribution in [1.82, 2.24) is 10.5 Å². The van der Waals surface area contributed by atoms with Crippen LogP contribution in [0.3, 0.4) is 0 Å². The molecule has 0 radical (unpaired) electrons. The molecule has 5 heteroatoms. The highest BCUT2D eigenvalue weighted by atomic mass is 35.5. The van der Waals surface area contributed by atoms with Crippen LogP contribution in [0.5, 0.6) is 0 Å². The number of benzene rings is 1. The van der Waals surface area contributed by atoms with E-state index >= 15 is 0 Å². The molecule has 0 aliphatic heterocycles. The predicted octanol–water partition coefficient (Wildman–Crippen LogP) is 2.59. The average Bonchev–Trinajstić information content (AvgIpc) is 2.85. The van der Waals surface area contributed by atoms with E-state index in [9.17, 15) is 4.79 Å². The second kappa shape index (κ2) is 5.69. The Bertz CT molecular complexity index is 523. The van der Waals surface area contributed by atoms with Gasteiger partial charge in [-0.25, -0.2) is 0 Å². The van der Waals surface area contributed by atoms with Crippen LogP contribution in [0.25, 0.3) is 11.3 Å². The molecule has 4 nitrogen and oxygen atoms in total. The molecule has 0 spiro atoms. The van der Waals surface area contributed by atoms with Crippen molar-refractivity contribution < 1.29 is 9.32 Å². The van der Waals surface area contributed by atoms with Gasteiger partial charge in [-0.05, 0) is 6.92 Å². The van der Waals surface area contributed by atoms with E-state index in [0.717, 1.165) is 5.56 Å². The number of carbonyl (C=O) groups is 1. The van der Waals surface area contributed by atoms with Gasteiger partial charge in [-0.1, -0.05) is 35.5 Å². The standard InChI is InChI=1S/C13H13ClN2O2/c1-9(14)13(17)15-8-11-7-12(18-16-11)10-5-3-2-4-6-10/h2-7,9H,8H2,1H3,(H,15,17). The highest BCUT2D eigenvalue weighted by molar-refractivity contribution is 6.30. The molecule has 1 heterocycles. The van der Waals surface area contributed by atoms with Gasteiger partial charge in [0.1, 0.15) is 11.1 Å². The molecule has 0 fully saturated rings. The van der Waals surface area contributed by atoms with Crippen molar-refractivity contribution in [1.29, 1.82) is 0 Å². The second-order valence-electron chi connectivity index (χ2n) is 3.88. The summed E-state index contributed by atoms with van der Waals surface area (Å²) < 4.78 is 5.21. The van der Waals surface area contributed by atoms with Gasteiger partial charge in [0.2, 0.25) is 5.91 Å². The molecule has 2 rings (SSSR count). The monoisotopic (exact) mass is 264 g/mol. The molecule has 0 saturated heterocycles. The number of alkyl halides is 1. The van der Waals surface area contributed by atoms with Crippen molar-refractivity contribution >= 4 is 17.5 Å². The normalized spacial score (nSPS) is 12.1. The van der Waals surface area contributed by atoms with Gasteiger partial charge in [0.15, 0.2) is 5.76 Å². The van der Waals surface area contributed by atoms with Crippen LogP contribution in [0.4, 0.5) is 0 Å². The third-order valence-electron chi connectivity index (χ3n) is 2.42. The summed E-state index contributed by atoms with van der Waals surface area (Å²) in [5.41, 5.74) is 1.62. The van der Waals surface area contributed by atoms with Crippen LogP contribution >= 0.6 is 11.6 Å². The largest absolute Gasteiger partial charge is 0.356 e. The number of rotatable bonds is 4. The Morgan fingerprint density at radius 3 is 2.83 bits per heavy atom. The van der Waals surface area contributed by atoms with Gasteiger partial charge in [0, 0.05) is 11.6 Å². The molecule has 1 amide bonds. The van der Waals surface area contributed by atoms with Crippen LogP contribution in [0, 0.1) is 0 Å². The Hall–Kier alpha value is -1.81. The van der Waals surface area contributed by atoms with Crippen LogP contribution in [-0.2, 0) is 11.3 Å². The van der Waals surface area contributed by atoms with Gasteiger partial charge in [0.25, 0.3) is 0 Å². The summed E-state index contributed by atoms with van der Waals surface area (Å²) in [4.78, 5) is 11.3. The van der Waals surface area contributed by atoms with Crippen LogP contribution in [0.2, 0.25) is 0 Å². The SMILES string of the molecule is CC(Cl)C(=O)NCc1cc(-c2ccccc2)on1. The van der Waals surface area contributed by atoms with Gasteiger partial charge in [-0.2, -0.15) is 0 Å². The first kappa shape index (κ1) is 12.6. The van der Waals surface area contributed by atoms with Crippen molar-refractivity contribution in [2.75, 3.05) is 0 Å². The average molecular weight is 265 g/mol. The van der Waals surface area contributed by atoms with E-state index in [1.165, 1.54) is 0 Å². The van der Waals surface area contributed by atoms with E-state index in [4.69, 9.17) is 16.1 Å². The maximum atomic E-state index is 11.3. The van der Waals surface area contributed by atoms with Gasteiger partial charge >= 0.3 is 0 Å². The van der Waals surface area contributed by atoms with Crippen LogP contribution in [0.1, 0.15) is 12.6 Å². The molecule has 0 saturated carbocycles. The highest BCUT2D eigenvalue weighted by Crippen LogP contribution is 2.19. The zero-order chi connectivity index (χ0) is 13.0. The van der Waals surface area contributed by atoms with E-state index in [-0.39, 0.29) is 5.91 Å². The number of amides is 1. The molecule has 94 valence electrons. The Kier molecular flexibility index (Phi) is 3.99. The summed E-state index contributed by atoms with van der Waals surface area (Å²) in [6.45, 7) is 1.93. The number of nitrogens with one attached hydrogen (secondary N) is 1. The summed E-state index contributed by atoms with van der Waals surface area (Å²) in [5, 5.41) is 6.01. The van der Waals surface area contributed by atoms with Crippen LogP contribution in [0.15, 0.2) is 40.9 Å². The van der Waals surface area contributed by atoms with Crippen LogP contribution in [-0.4, -0.2) is 16.4 Å². The lowest BCUT2D eigenvalue weighted by atomic mass is 10.2. The fourth-order valence-electron chi connectivity index (χ4n) is 1.45. The molecule has 0 bridgehead atoms. The van der Waals surface area contributed by atoms with Crippen LogP contribution < -0.4 is 5.32 Å². The summed E-state index contributed by atoms with van der Waals surface area (Å²) in [6.07, 6.45) is 0. The highest BCUT2D eigenvalue weighted by Gasteiger charge is 2.10. The quantitative estimate of drug-likeness (QED) is 0.864. The first-order chi connectivity index (χ1) is 8.66. The number of hydrogen-bond acceptors (Lipinski definition) is 3. The molecular weight excluding hydrogens is 252 g/mol. The van der Waals surface area contributed by atoms with Crippen molar-refractivity contribution in [3.05, 3.63) is 42.1 Å². The minimum Gasteiger partial charge on any atom is -0.356 e. The zero-order valence-corrected chi connectivity index (χ0v) is 10.6. The number of carbonyl (C=O) groups excluding carboxylic acids is 1. The van der Waals surface area contributed by atoms with E-state index < -0.39 is 5.38 Å². The topological polar surface area (TPSA) is 55.1 Å². The summed E-state index contributed by atoms with van der Waals surface area (Å²) >= 11 is 5.64. The maximum Gasteiger partial charge on any atom is 0.238 e. The molecule has 0 aliphatic carbocycles. The van der Waals surface area contributed by atoms with Gasteiger partial charge < -0.3 is 9.84 Å². The van der Waals surface area contributed by atoms with E-state index in [2.05, 4.69) is 10.5 Å². The lowest BCUT2D eigenvalue weighted by Gasteiger charge is -2.02.